The molecule has 0 bridgehead atoms. The highest BCUT2D eigenvalue weighted by molar-refractivity contribution is 7.89. The summed E-state index contributed by atoms with van der Waals surface area (Å²) in [5, 5.41) is 4.58. The van der Waals surface area contributed by atoms with Gasteiger partial charge in [-0.25, -0.2) is 0 Å². The van der Waals surface area contributed by atoms with Crippen LogP contribution < -0.4 is 9.47 Å². The molecule has 3 aromatic rings. The van der Waals surface area contributed by atoms with E-state index in [4.69, 9.17) is 9.47 Å². The Labute approximate surface area is 182 Å². The van der Waals surface area contributed by atoms with Crippen LogP contribution in [0.1, 0.15) is 29.2 Å². The van der Waals surface area contributed by atoms with Crippen LogP contribution in [0.5, 0.6) is 11.5 Å². The Bertz CT molecular complexity index is 1220. The molecule has 7 heteroatoms. The minimum atomic E-state index is -3.86. The summed E-state index contributed by atoms with van der Waals surface area (Å²) in [6.07, 6.45) is 0.436. The summed E-state index contributed by atoms with van der Waals surface area (Å²) in [6, 6.07) is 21.3. The molecule has 1 heterocycles. The first-order valence-electron chi connectivity index (χ1n) is 9.89. The molecule has 0 saturated heterocycles. The van der Waals surface area contributed by atoms with E-state index in [1.807, 2.05) is 55.5 Å². The molecule has 0 N–H and O–H groups in total. The summed E-state index contributed by atoms with van der Waals surface area (Å²) < 4.78 is 39.0. The maximum Gasteiger partial charge on any atom is 0.279 e. The van der Waals surface area contributed by atoms with Crippen LogP contribution in [0.2, 0.25) is 0 Å². The van der Waals surface area contributed by atoms with Gasteiger partial charge in [-0.1, -0.05) is 42.0 Å². The fraction of sp³-hybridized carbons (Fsp3) is 0.208. The molecule has 0 aliphatic carbocycles. The van der Waals surface area contributed by atoms with E-state index in [2.05, 4.69) is 5.10 Å². The molecule has 1 unspecified atom stereocenters. The smallest absolute Gasteiger partial charge is 0.279 e. The molecule has 0 radical (unpaired) electrons. The second-order valence-electron chi connectivity index (χ2n) is 7.37. The number of sulfonamides is 1. The fourth-order valence-electron chi connectivity index (χ4n) is 3.60. The molecule has 0 fully saturated rings. The number of hydrazone groups is 1. The van der Waals surface area contributed by atoms with E-state index in [-0.39, 0.29) is 4.90 Å². The molecule has 6 nitrogen and oxygen atoms in total. The van der Waals surface area contributed by atoms with Crippen molar-refractivity contribution in [2.45, 2.75) is 24.3 Å². The third-order valence-corrected chi connectivity index (χ3v) is 7.02. The van der Waals surface area contributed by atoms with Gasteiger partial charge in [0, 0.05) is 12.0 Å². The molecule has 4 rings (SSSR count). The van der Waals surface area contributed by atoms with Crippen molar-refractivity contribution in [2.75, 3.05) is 14.2 Å². The second kappa shape index (κ2) is 8.43. The van der Waals surface area contributed by atoms with E-state index in [1.165, 1.54) is 4.41 Å². The van der Waals surface area contributed by atoms with Gasteiger partial charge in [0.2, 0.25) is 0 Å². The minimum absolute atomic E-state index is 0.210. The van der Waals surface area contributed by atoms with Crippen molar-refractivity contribution in [3.63, 3.8) is 0 Å². The second-order valence-corrected chi connectivity index (χ2v) is 9.16. The first-order chi connectivity index (χ1) is 14.9. The first kappa shape index (κ1) is 20.9. The third-order valence-electron chi connectivity index (χ3n) is 5.32. The van der Waals surface area contributed by atoms with Gasteiger partial charge in [0.1, 0.15) is 11.5 Å². The van der Waals surface area contributed by atoms with Crippen molar-refractivity contribution >= 4 is 15.7 Å². The molecule has 0 amide bonds. The average Bonchev–Trinajstić information content (AvgIpc) is 3.26. The van der Waals surface area contributed by atoms with Crippen LogP contribution in [0.3, 0.4) is 0 Å². The summed E-state index contributed by atoms with van der Waals surface area (Å²) in [5.74, 6) is 1.36. The van der Waals surface area contributed by atoms with Gasteiger partial charge in [0.05, 0.1) is 30.9 Å². The van der Waals surface area contributed by atoms with Crippen LogP contribution >= 0.6 is 0 Å². The number of ether oxygens (including phenoxy) is 2. The normalized spacial score (nSPS) is 16.2. The number of nitrogens with zero attached hydrogens (tertiary/aromatic N) is 2. The molecule has 1 aliphatic heterocycles. The van der Waals surface area contributed by atoms with Crippen LogP contribution in [-0.2, 0) is 10.0 Å². The Morgan fingerprint density at radius 2 is 1.55 bits per heavy atom. The Hall–Kier alpha value is -3.32. The van der Waals surface area contributed by atoms with E-state index in [9.17, 15) is 8.42 Å². The monoisotopic (exact) mass is 436 g/mol. The first-order valence-corrected chi connectivity index (χ1v) is 11.3. The van der Waals surface area contributed by atoms with Crippen LogP contribution in [-0.4, -0.2) is 32.8 Å². The van der Waals surface area contributed by atoms with Crippen molar-refractivity contribution in [3.05, 3.63) is 89.5 Å². The molecule has 1 aliphatic rings. The zero-order chi connectivity index (χ0) is 22.0. The van der Waals surface area contributed by atoms with Crippen molar-refractivity contribution in [1.29, 1.82) is 0 Å². The summed E-state index contributed by atoms with van der Waals surface area (Å²) in [6.45, 7) is 1.92. The number of aryl methyl sites for hydroxylation is 1. The molecule has 0 saturated carbocycles. The largest absolute Gasteiger partial charge is 0.497 e. The van der Waals surface area contributed by atoms with Gasteiger partial charge >= 0.3 is 0 Å². The van der Waals surface area contributed by atoms with Gasteiger partial charge in [-0.15, -0.1) is 0 Å². The van der Waals surface area contributed by atoms with E-state index < -0.39 is 16.1 Å². The summed E-state index contributed by atoms with van der Waals surface area (Å²) >= 11 is 0. The van der Waals surface area contributed by atoms with Gasteiger partial charge in [0.25, 0.3) is 10.0 Å². The highest BCUT2D eigenvalue weighted by Gasteiger charge is 2.38. The third kappa shape index (κ3) is 4.14. The lowest BCUT2D eigenvalue weighted by molar-refractivity contribution is 0.368. The SMILES string of the molecule is COc1cccc(C2=NN(S(=O)(=O)c3ccc(C)cc3)C(c3cccc(OC)c3)C2)c1. The molecule has 3 aromatic carbocycles. The zero-order valence-electron chi connectivity index (χ0n) is 17.6. The summed E-state index contributed by atoms with van der Waals surface area (Å²) in [7, 11) is -0.665. The maximum atomic E-state index is 13.5. The van der Waals surface area contributed by atoms with E-state index in [0.717, 1.165) is 16.7 Å². The average molecular weight is 437 g/mol. The number of benzene rings is 3. The van der Waals surface area contributed by atoms with Crippen molar-refractivity contribution in [2.24, 2.45) is 5.10 Å². The predicted molar refractivity (Wildman–Crippen MR) is 120 cm³/mol. The van der Waals surface area contributed by atoms with Gasteiger partial charge < -0.3 is 9.47 Å². The lowest BCUT2D eigenvalue weighted by atomic mass is 9.99. The molecule has 0 spiro atoms. The Morgan fingerprint density at radius 1 is 0.903 bits per heavy atom. The van der Waals surface area contributed by atoms with Crippen molar-refractivity contribution < 1.29 is 17.9 Å². The number of hydrogen-bond acceptors (Lipinski definition) is 5. The standard InChI is InChI=1S/C24H24N2O4S/c1-17-10-12-22(13-11-17)31(27,28)26-24(19-7-5-9-21(15-19)30-3)16-23(25-26)18-6-4-8-20(14-18)29-2/h4-15,24H,16H2,1-3H3. The van der Waals surface area contributed by atoms with Gasteiger partial charge in [-0.3, -0.25) is 0 Å². The number of rotatable bonds is 6. The Balaban J connectivity index is 1.81. The van der Waals surface area contributed by atoms with Crippen molar-refractivity contribution in [3.8, 4) is 11.5 Å². The maximum absolute atomic E-state index is 13.5. The van der Waals surface area contributed by atoms with Crippen LogP contribution in [0.4, 0.5) is 0 Å². The van der Waals surface area contributed by atoms with Crippen LogP contribution in [0.15, 0.2) is 82.8 Å². The Morgan fingerprint density at radius 3 is 2.23 bits per heavy atom. The number of hydrogen-bond donors (Lipinski definition) is 0. The van der Waals surface area contributed by atoms with Crippen LogP contribution in [0.25, 0.3) is 0 Å². The molecule has 1 atom stereocenters. The van der Waals surface area contributed by atoms with E-state index in [0.29, 0.717) is 23.6 Å². The predicted octanol–water partition coefficient (Wildman–Crippen LogP) is 4.55. The zero-order valence-corrected chi connectivity index (χ0v) is 18.5. The molecule has 0 aromatic heterocycles. The lowest BCUT2D eigenvalue weighted by Gasteiger charge is -2.23. The van der Waals surface area contributed by atoms with Crippen LogP contribution in [0, 0.1) is 6.92 Å². The fourth-order valence-corrected chi connectivity index (χ4v) is 5.04. The minimum Gasteiger partial charge on any atom is -0.497 e. The highest BCUT2D eigenvalue weighted by atomic mass is 32.2. The van der Waals surface area contributed by atoms with Gasteiger partial charge in [0.15, 0.2) is 0 Å². The number of methoxy groups -OCH3 is 2. The highest BCUT2D eigenvalue weighted by Crippen LogP contribution is 2.38. The van der Waals surface area contributed by atoms with Crippen molar-refractivity contribution in [1.82, 2.24) is 4.41 Å². The quantitative estimate of drug-likeness (QED) is 0.568. The summed E-state index contributed by atoms with van der Waals surface area (Å²) in [4.78, 5) is 0.210. The molecule has 31 heavy (non-hydrogen) atoms. The van der Waals surface area contributed by atoms with Gasteiger partial charge in [-0.2, -0.15) is 17.9 Å². The Kier molecular flexibility index (Phi) is 5.69. The van der Waals surface area contributed by atoms with E-state index >= 15 is 0 Å². The lowest BCUT2D eigenvalue weighted by Crippen LogP contribution is -2.27. The van der Waals surface area contributed by atoms with Gasteiger partial charge in [-0.05, 0) is 48.9 Å². The topological polar surface area (TPSA) is 68.2 Å². The summed E-state index contributed by atoms with van der Waals surface area (Å²) in [5.41, 5.74) is 3.32. The van der Waals surface area contributed by atoms with E-state index in [1.54, 1.807) is 38.5 Å². The molecular weight excluding hydrogens is 412 g/mol. The molecule has 160 valence electrons. The molecular formula is C24H24N2O4S.